The highest BCUT2D eigenvalue weighted by Crippen LogP contribution is 2.38. The van der Waals surface area contributed by atoms with Crippen LogP contribution in [0.15, 0.2) is 48.7 Å². The smallest absolute Gasteiger partial charge is 0.274 e. The molecule has 0 bridgehead atoms. The van der Waals surface area contributed by atoms with Gasteiger partial charge in [-0.05, 0) is 134 Å². The highest BCUT2D eigenvalue weighted by atomic mass is 19.1. The monoisotopic (exact) mass is 820 g/mol. The number of nitrogens with one attached hydrogen (secondary N) is 3. The van der Waals surface area contributed by atoms with Crippen LogP contribution in [0.2, 0.25) is 0 Å². The van der Waals surface area contributed by atoms with E-state index in [1.165, 1.54) is 19.1 Å². The van der Waals surface area contributed by atoms with Gasteiger partial charge in [-0.25, -0.2) is 9.37 Å². The molecule has 4 heterocycles. The summed E-state index contributed by atoms with van der Waals surface area (Å²) in [5.74, 6) is -1.98. The summed E-state index contributed by atoms with van der Waals surface area (Å²) < 4.78 is 15.8. The maximum atomic E-state index is 13.8. The summed E-state index contributed by atoms with van der Waals surface area (Å²) in [7, 11) is 2.24. The standard InChI is InChI=1S/C45H53FN8O6/c1-25-33(46)16-17-35(48-25)41(56)49-37-20-28-24-53(51-36(28)21-32(37)45(2,3)60)30-14-10-27(11-15-30)23-52(4)29-12-8-26(9-13-29)22-47-34-7-5-6-31-40(34)44(59)54(43(31)58)38-18-19-39(55)50-42(38)57/h5-7,16-17,20-21,24,26-27,29-30,38,47,60H,8-15,18-19,22-23H2,1-4H3,(H,49,56)(H,50,55,57)/t26-,27-,29+,30-,38?. The topological polar surface area (TPSA) is 179 Å². The van der Waals surface area contributed by atoms with E-state index in [2.05, 4.69) is 32.9 Å². The lowest BCUT2D eigenvalue weighted by molar-refractivity contribution is -0.136. The largest absolute Gasteiger partial charge is 0.386 e. The van der Waals surface area contributed by atoms with Gasteiger partial charge in [0.15, 0.2) is 0 Å². The van der Waals surface area contributed by atoms with Crippen LogP contribution in [0.3, 0.4) is 0 Å². The van der Waals surface area contributed by atoms with E-state index >= 15 is 0 Å². The zero-order valence-corrected chi connectivity index (χ0v) is 34.6. The van der Waals surface area contributed by atoms with Crippen LogP contribution in [0.25, 0.3) is 10.9 Å². The molecule has 0 radical (unpaired) electrons. The number of pyridine rings is 1. The van der Waals surface area contributed by atoms with Gasteiger partial charge in [0.05, 0.1) is 34.0 Å². The number of imide groups is 2. The fraction of sp³-hybridized carbons (Fsp3) is 0.489. The van der Waals surface area contributed by atoms with Crippen molar-refractivity contribution in [3.05, 3.63) is 82.6 Å². The maximum absolute atomic E-state index is 13.8. The second-order valence-electron chi connectivity index (χ2n) is 17.7. The predicted octanol–water partition coefficient (Wildman–Crippen LogP) is 6.09. The molecule has 3 fully saturated rings. The Labute approximate surface area is 348 Å². The molecular weight excluding hydrogens is 768 g/mol. The summed E-state index contributed by atoms with van der Waals surface area (Å²) in [5, 5.41) is 25.4. The molecule has 5 amide bonds. The fourth-order valence-corrected chi connectivity index (χ4v) is 9.60. The number of benzene rings is 2. The number of rotatable bonds is 11. The average Bonchev–Trinajstić information content (AvgIpc) is 3.75. The fourth-order valence-electron chi connectivity index (χ4n) is 9.60. The zero-order valence-electron chi connectivity index (χ0n) is 34.6. The highest BCUT2D eigenvalue weighted by Gasteiger charge is 2.45. The van der Waals surface area contributed by atoms with Crippen molar-refractivity contribution in [3.63, 3.8) is 0 Å². The number of hydrogen-bond donors (Lipinski definition) is 4. The number of aromatic nitrogens is 3. The van der Waals surface area contributed by atoms with E-state index in [0.29, 0.717) is 46.9 Å². The van der Waals surface area contributed by atoms with Crippen LogP contribution in [-0.2, 0) is 15.2 Å². The molecule has 1 saturated heterocycles. The van der Waals surface area contributed by atoms with E-state index in [4.69, 9.17) is 5.10 Å². The Bertz CT molecular complexity index is 2360. The Morgan fingerprint density at radius 3 is 2.38 bits per heavy atom. The number of aliphatic hydroxyl groups is 1. The van der Waals surface area contributed by atoms with Gasteiger partial charge in [-0.3, -0.25) is 38.9 Å². The van der Waals surface area contributed by atoms with Gasteiger partial charge in [-0.15, -0.1) is 0 Å². The van der Waals surface area contributed by atoms with Crippen LogP contribution in [0, 0.1) is 24.6 Å². The van der Waals surface area contributed by atoms with Gasteiger partial charge in [0.25, 0.3) is 17.7 Å². The predicted molar refractivity (Wildman–Crippen MR) is 223 cm³/mol. The number of halogens is 1. The molecule has 4 aliphatic rings. The molecule has 1 atom stereocenters. The highest BCUT2D eigenvalue weighted by molar-refractivity contribution is 6.25. The van der Waals surface area contributed by atoms with Crippen LogP contribution in [0.1, 0.15) is 127 Å². The van der Waals surface area contributed by atoms with Crippen molar-refractivity contribution in [2.75, 3.05) is 30.8 Å². The van der Waals surface area contributed by atoms with Crippen molar-refractivity contribution in [1.29, 1.82) is 0 Å². The average molecular weight is 821 g/mol. The van der Waals surface area contributed by atoms with Crippen molar-refractivity contribution in [3.8, 4) is 0 Å². The van der Waals surface area contributed by atoms with Gasteiger partial charge < -0.3 is 20.6 Å². The number of carbonyl (C=O) groups is 5. The van der Waals surface area contributed by atoms with Gasteiger partial charge in [0.2, 0.25) is 11.8 Å². The summed E-state index contributed by atoms with van der Waals surface area (Å²) in [6.07, 6.45) is 10.7. The normalized spacial score (nSPS) is 23.6. The molecule has 2 aromatic heterocycles. The molecule has 2 aromatic carbocycles. The van der Waals surface area contributed by atoms with Gasteiger partial charge in [0, 0.05) is 54.1 Å². The van der Waals surface area contributed by atoms with E-state index in [9.17, 15) is 33.5 Å². The maximum Gasteiger partial charge on any atom is 0.274 e. The van der Waals surface area contributed by atoms with E-state index < -0.39 is 47.0 Å². The van der Waals surface area contributed by atoms with E-state index in [-0.39, 0.29) is 35.8 Å². The van der Waals surface area contributed by atoms with Gasteiger partial charge in [-0.1, -0.05) is 6.07 Å². The van der Waals surface area contributed by atoms with Crippen molar-refractivity contribution < 1.29 is 33.5 Å². The molecule has 15 heteroatoms. The minimum Gasteiger partial charge on any atom is -0.386 e. The molecular formula is C45H53FN8O6. The number of fused-ring (bicyclic) bond motifs is 2. The van der Waals surface area contributed by atoms with Crippen LogP contribution in [0.5, 0.6) is 0 Å². The van der Waals surface area contributed by atoms with Crippen LogP contribution < -0.4 is 16.0 Å². The quantitative estimate of drug-likeness (QED) is 0.129. The molecule has 0 spiro atoms. The van der Waals surface area contributed by atoms with Crippen molar-refractivity contribution in [1.82, 2.24) is 29.9 Å². The third-order valence-corrected chi connectivity index (χ3v) is 13.0. The summed E-state index contributed by atoms with van der Waals surface area (Å²) in [6, 6.07) is 11.2. The Morgan fingerprint density at radius 2 is 1.68 bits per heavy atom. The third-order valence-electron chi connectivity index (χ3n) is 13.0. The first kappa shape index (κ1) is 41.2. The van der Waals surface area contributed by atoms with Gasteiger partial charge >= 0.3 is 0 Å². The Kier molecular flexibility index (Phi) is 11.3. The Hall–Kier alpha value is -5.54. The summed E-state index contributed by atoms with van der Waals surface area (Å²) in [4.78, 5) is 71.7. The minimum atomic E-state index is -1.26. The molecule has 14 nitrogen and oxygen atoms in total. The SMILES string of the molecule is Cc1nc(C(=O)Nc2cc3cn([C@H]4CC[C@H](CN(C)[C@H]5CC[C@@H](CNc6cccc7c6C(=O)N(C6CCC(=O)NC6=O)C7=O)CC5)CC4)nc3cc2C(C)(C)O)ccc1F. The molecule has 1 unspecified atom stereocenters. The minimum absolute atomic E-state index is 0.0818. The van der Waals surface area contributed by atoms with Crippen molar-refractivity contribution in [2.45, 2.75) is 109 Å². The second-order valence-corrected chi connectivity index (χ2v) is 17.7. The number of hydrogen-bond acceptors (Lipinski definition) is 10. The zero-order chi connectivity index (χ0) is 42.5. The lowest BCUT2D eigenvalue weighted by atomic mass is 9.83. The van der Waals surface area contributed by atoms with E-state index in [1.54, 1.807) is 26.0 Å². The summed E-state index contributed by atoms with van der Waals surface area (Å²) in [5.41, 5.74) is 1.85. The first-order valence-electron chi connectivity index (χ1n) is 21.1. The Balaban J connectivity index is 0.821. The first-order valence-corrected chi connectivity index (χ1v) is 21.1. The molecule has 2 aliphatic carbocycles. The second kappa shape index (κ2) is 16.5. The molecule has 316 valence electrons. The molecule has 60 heavy (non-hydrogen) atoms. The number of piperidine rings is 1. The van der Waals surface area contributed by atoms with E-state index in [0.717, 1.165) is 73.7 Å². The number of carbonyl (C=O) groups excluding carboxylic acids is 5. The van der Waals surface area contributed by atoms with Crippen LogP contribution >= 0.6 is 0 Å². The lowest BCUT2D eigenvalue weighted by Crippen LogP contribution is -2.54. The van der Waals surface area contributed by atoms with Crippen molar-refractivity contribution >= 4 is 51.8 Å². The lowest BCUT2D eigenvalue weighted by Gasteiger charge is -2.38. The van der Waals surface area contributed by atoms with Gasteiger partial charge in [-0.2, -0.15) is 5.10 Å². The molecule has 4 N–H and O–H groups in total. The summed E-state index contributed by atoms with van der Waals surface area (Å²) >= 11 is 0. The Morgan fingerprint density at radius 1 is 0.950 bits per heavy atom. The molecule has 2 aliphatic heterocycles. The first-order chi connectivity index (χ1) is 28.6. The molecule has 8 rings (SSSR count). The van der Waals surface area contributed by atoms with Gasteiger partial charge in [0.1, 0.15) is 17.6 Å². The summed E-state index contributed by atoms with van der Waals surface area (Å²) in [6.45, 7) is 6.55. The number of aryl methyl sites for hydroxylation is 1. The number of anilines is 2. The third kappa shape index (κ3) is 8.29. The number of nitrogens with zero attached hydrogens (tertiary/aromatic N) is 5. The van der Waals surface area contributed by atoms with Crippen molar-refractivity contribution in [2.24, 2.45) is 11.8 Å². The number of amides is 5. The van der Waals surface area contributed by atoms with Crippen LogP contribution in [0.4, 0.5) is 15.8 Å². The molecule has 4 aromatic rings. The van der Waals surface area contributed by atoms with E-state index in [1.807, 2.05) is 29.1 Å². The van der Waals surface area contributed by atoms with Crippen LogP contribution in [-0.4, -0.2) is 91.4 Å². The molecule has 2 saturated carbocycles.